The van der Waals surface area contributed by atoms with Gasteiger partial charge in [0.25, 0.3) is 0 Å². The standard InChI is InChI=1S/C18H21N3O3S2/c1-10-8-14-9-13(6-7-15(14)21(10)26(3,23)24)16-11(2)25-18(19-16)20-17(22)12-4-5-12/h6-7,9-10,12H,4-5,8H2,1-3H3,(H,19,20,22)/t10-/m1/s1. The number of anilines is 2. The Balaban J connectivity index is 1.65. The smallest absolute Gasteiger partial charge is 0.232 e. The van der Waals surface area contributed by atoms with Crippen LogP contribution in [-0.2, 0) is 21.2 Å². The molecule has 0 unspecified atom stereocenters. The number of nitrogens with one attached hydrogen (secondary N) is 1. The molecule has 138 valence electrons. The van der Waals surface area contributed by atoms with E-state index in [-0.39, 0.29) is 17.9 Å². The number of hydrogen-bond donors (Lipinski definition) is 1. The van der Waals surface area contributed by atoms with Crippen LogP contribution in [0.4, 0.5) is 10.8 Å². The van der Waals surface area contributed by atoms with Crippen molar-refractivity contribution in [2.24, 2.45) is 5.92 Å². The quantitative estimate of drug-likeness (QED) is 0.868. The number of benzene rings is 1. The fourth-order valence-electron chi connectivity index (χ4n) is 3.53. The van der Waals surface area contributed by atoms with Crippen molar-refractivity contribution in [1.29, 1.82) is 0 Å². The summed E-state index contributed by atoms with van der Waals surface area (Å²) in [6.07, 6.45) is 3.85. The van der Waals surface area contributed by atoms with Crippen LogP contribution < -0.4 is 9.62 Å². The minimum atomic E-state index is -3.29. The summed E-state index contributed by atoms with van der Waals surface area (Å²) in [6, 6.07) is 5.70. The van der Waals surface area contributed by atoms with Crippen LogP contribution in [0.5, 0.6) is 0 Å². The zero-order valence-corrected chi connectivity index (χ0v) is 16.6. The van der Waals surface area contributed by atoms with Crippen LogP contribution in [0, 0.1) is 12.8 Å². The molecule has 1 fully saturated rings. The number of rotatable bonds is 4. The summed E-state index contributed by atoms with van der Waals surface area (Å²) in [5.74, 6) is 0.197. The molecule has 1 aliphatic heterocycles. The lowest BCUT2D eigenvalue weighted by Gasteiger charge is -2.21. The van der Waals surface area contributed by atoms with Gasteiger partial charge in [0.2, 0.25) is 15.9 Å². The van der Waals surface area contributed by atoms with Crippen molar-refractivity contribution >= 4 is 38.1 Å². The number of aryl methyl sites for hydroxylation is 1. The second kappa shape index (κ2) is 6.06. The predicted octanol–water partition coefficient (Wildman–Crippen LogP) is 3.18. The minimum Gasteiger partial charge on any atom is -0.302 e. The Morgan fingerprint density at radius 2 is 2.08 bits per heavy atom. The van der Waals surface area contributed by atoms with E-state index in [1.807, 2.05) is 32.0 Å². The number of amides is 1. The van der Waals surface area contributed by atoms with Gasteiger partial charge in [-0.2, -0.15) is 0 Å². The number of hydrogen-bond acceptors (Lipinski definition) is 5. The average Bonchev–Trinajstić information content (AvgIpc) is 3.24. The van der Waals surface area contributed by atoms with Gasteiger partial charge in [-0.15, -0.1) is 11.3 Å². The van der Waals surface area contributed by atoms with Gasteiger partial charge in [-0.05, 0) is 50.8 Å². The highest BCUT2D eigenvalue weighted by Gasteiger charge is 2.33. The molecule has 6 nitrogen and oxygen atoms in total. The van der Waals surface area contributed by atoms with Crippen molar-refractivity contribution in [1.82, 2.24) is 4.98 Å². The van der Waals surface area contributed by atoms with Crippen molar-refractivity contribution in [3.8, 4) is 11.3 Å². The van der Waals surface area contributed by atoms with Gasteiger partial charge in [0.1, 0.15) is 0 Å². The molecular weight excluding hydrogens is 370 g/mol. The van der Waals surface area contributed by atoms with E-state index in [1.165, 1.54) is 21.9 Å². The van der Waals surface area contributed by atoms with Crippen LogP contribution in [0.2, 0.25) is 0 Å². The maximum Gasteiger partial charge on any atom is 0.232 e. The Morgan fingerprint density at radius 3 is 2.73 bits per heavy atom. The maximum atomic E-state index is 12.1. The van der Waals surface area contributed by atoms with Crippen LogP contribution in [0.25, 0.3) is 11.3 Å². The van der Waals surface area contributed by atoms with E-state index in [4.69, 9.17) is 0 Å². The van der Waals surface area contributed by atoms with Crippen LogP contribution >= 0.6 is 11.3 Å². The van der Waals surface area contributed by atoms with Gasteiger partial charge < -0.3 is 5.32 Å². The summed E-state index contributed by atoms with van der Waals surface area (Å²) >= 11 is 1.47. The van der Waals surface area contributed by atoms with Gasteiger partial charge in [-0.3, -0.25) is 9.10 Å². The largest absolute Gasteiger partial charge is 0.302 e. The SMILES string of the molecule is Cc1sc(NC(=O)C2CC2)nc1-c1ccc2c(c1)C[C@@H](C)N2S(C)(=O)=O. The zero-order chi connectivity index (χ0) is 18.6. The summed E-state index contributed by atoms with van der Waals surface area (Å²) in [7, 11) is -3.29. The number of carbonyl (C=O) groups is 1. The van der Waals surface area contributed by atoms with Gasteiger partial charge >= 0.3 is 0 Å². The Kier molecular flexibility index (Phi) is 4.07. The van der Waals surface area contributed by atoms with Crippen LogP contribution in [0.3, 0.4) is 0 Å². The molecule has 1 aromatic heterocycles. The van der Waals surface area contributed by atoms with E-state index >= 15 is 0 Å². The molecule has 0 saturated heterocycles. The Hall–Kier alpha value is -1.93. The van der Waals surface area contributed by atoms with Crippen LogP contribution in [0.15, 0.2) is 18.2 Å². The molecule has 1 atom stereocenters. The van der Waals surface area contributed by atoms with Crippen molar-refractivity contribution in [2.45, 2.75) is 39.2 Å². The van der Waals surface area contributed by atoms with E-state index in [1.54, 1.807) is 0 Å². The molecular formula is C18H21N3O3S2. The fraction of sp³-hybridized carbons (Fsp3) is 0.444. The summed E-state index contributed by atoms with van der Waals surface area (Å²) in [4.78, 5) is 17.6. The first-order valence-corrected chi connectivity index (χ1v) is 11.3. The molecule has 1 N–H and O–H groups in total. The van der Waals surface area contributed by atoms with Crippen molar-refractivity contribution in [3.63, 3.8) is 0 Å². The third-order valence-corrected chi connectivity index (χ3v) is 7.00. The molecule has 1 saturated carbocycles. The monoisotopic (exact) mass is 391 g/mol. The van der Waals surface area contributed by atoms with E-state index in [0.717, 1.165) is 40.2 Å². The molecule has 1 aliphatic carbocycles. The van der Waals surface area contributed by atoms with Gasteiger partial charge in [0.15, 0.2) is 5.13 Å². The normalized spacial score (nSPS) is 19.5. The lowest BCUT2D eigenvalue weighted by atomic mass is 10.0. The first-order chi connectivity index (χ1) is 12.2. The molecule has 2 aliphatic rings. The summed E-state index contributed by atoms with van der Waals surface area (Å²) in [6.45, 7) is 3.90. The number of thiazole rings is 1. The zero-order valence-electron chi connectivity index (χ0n) is 14.9. The molecule has 8 heteroatoms. The number of nitrogens with zero attached hydrogens (tertiary/aromatic N) is 2. The number of carbonyl (C=O) groups excluding carboxylic acids is 1. The minimum absolute atomic E-state index is 0.0527. The first-order valence-electron chi connectivity index (χ1n) is 8.65. The molecule has 26 heavy (non-hydrogen) atoms. The third kappa shape index (κ3) is 3.12. The van der Waals surface area contributed by atoms with Crippen molar-refractivity contribution in [2.75, 3.05) is 15.9 Å². The second-order valence-electron chi connectivity index (χ2n) is 7.14. The fourth-order valence-corrected chi connectivity index (χ4v) is 5.63. The molecule has 2 heterocycles. The van der Waals surface area contributed by atoms with E-state index in [9.17, 15) is 13.2 Å². The van der Waals surface area contributed by atoms with Crippen LogP contribution in [-0.4, -0.2) is 31.6 Å². The van der Waals surface area contributed by atoms with Gasteiger partial charge in [0, 0.05) is 22.4 Å². The van der Waals surface area contributed by atoms with Gasteiger partial charge in [-0.25, -0.2) is 13.4 Å². The Morgan fingerprint density at radius 1 is 1.35 bits per heavy atom. The average molecular weight is 392 g/mol. The van der Waals surface area contributed by atoms with Crippen molar-refractivity contribution < 1.29 is 13.2 Å². The third-order valence-electron chi connectivity index (χ3n) is 4.84. The van der Waals surface area contributed by atoms with Crippen molar-refractivity contribution in [3.05, 3.63) is 28.6 Å². The summed E-state index contributed by atoms with van der Waals surface area (Å²) in [5, 5.41) is 3.53. The van der Waals surface area contributed by atoms with E-state index in [2.05, 4.69) is 10.3 Å². The Labute approximate surface area is 157 Å². The Bertz CT molecular complexity index is 993. The molecule has 0 spiro atoms. The first kappa shape index (κ1) is 17.5. The van der Waals surface area contributed by atoms with E-state index < -0.39 is 10.0 Å². The number of fused-ring (bicyclic) bond motifs is 1. The predicted molar refractivity (Wildman–Crippen MR) is 104 cm³/mol. The maximum absolute atomic E-state index is 12.1. The molecule has 0 radical (unpaired) electrons. The molecule has 0 bridgehead atoms. The highest BCUT2D eigenvalue weighted by atomic mass is 32.2. The lowest BCUT2D eigenvalue weighted by Crippen LogP contribution is -2.34. The second-order valence-corrected chi connectivity index (χ2v) is 10.2. The van der Waals surface area contributed by atoms with Crippen LogP contribution in [0.1, 0.15) is 30.2 Å². The molecule has 1 aromatic carbocycles. The lowest BCUT2D eigenvalue weighted by molar-refractivity contribution is -0.117. The highest BCUT2D eigenvalue weighted by Crippen LogP contribution is 2.39. The number of aromatic nitrogens is 1. The summed E-state index contributed by atoms with van der Waals surface area (Å²) < 4.78 is 25.6. The van der Waals surface area contributed by atoms with Gasteiger partial charge in [0.05, 0.1) is 17.6 Å². The topological polar surface area (TPSA) is 79.4 Å². The van der Waals surface area contributed by atoms with Gasteiger partial charge in [-0.1, -0.05) is 6.07 Å². The molecule has 1 amide bonds. The summed E-state index contributed by atoms with van der Waals surface area (Å²) in [5.41, 5.74) is 3.55. The van der Waals surface area contributed by atoms with E-state index in [0.29, 0.717) is 11.6 Å². The molecule has 2 aromatic rings. The number of sulfonamides is 1. The molecule has 4 rings (SSSR count). The highest BCUT2D eigenvalue weighted by molar-refractivity contribution is 7.92.